The maximum absolute atomic E-state index is 11.8. The summed E-state index contributed by atoms with van der Waals surface area (Å²) >= 11 is 0. The summed E-state index contributed by atoms with van der Waals surface area (Å²) in [6.45, 7) is 2.27. The van der Waals surface area contributed by atoms with Crippen molar-refractivity contribution in [1.29, 1.82) is 0 Å². The van der Waals surface area contributed by atoms with E-state index in [2.05, 4.69) is 0 Å². The molecule has 0 spiro atoms. The van der Waals surface area contributed by atoms with Crippen LogP contribution in [0.2, 0.25) is 0 Å². The molecule has 0 radical (unpaired) electrons. The standard InChI is InChI=1S/C18H18O5/c1-2-21-18(20)15-10-6-7-11-16(15)22-12-13-23-17(19)14-8-4-3-5-9-14/h3-11H,2,12-13H2,1H3. The van der Waals surface area contributed by atoms with Crippen molar-refractivity contribution >= 4 is 11.9 Å². The first-order chi connectivity index (χ1) is 11.2. The lowest BCUT2D eigenvalue weighted by atomic mass is 10.2. The van der Waals surface area contributed by atoms with Crippen molar-refractivity contribution < 1.29 is 23.8 Å². The van der Waals surface area contributed by atoms with Crippen LogP contribution in [0.5, 0.6) is 5.75 Å². The molecule has 2 rings (SSSR count). The number of hydrogen-bond donors (Lipinski definition) is 0. The predicted octanol–water partition coefficient (Wildman–Crippen LogP) is 3.10. The molecule has 0 saturated heterocycles. The number of benzene rings is 2. The minimum atomic E-state index is -0.440. The van der Waals surface area contributed by atoms with Gasteiger partial charge in [-0.05, 0) is 31.2 Å². The van der Waals surface area contributed by atoms with E-state index in [1.165, 1.54) is 0 Å². The van der Waals surface area contributed by atoms with Gasteiger partial charge in [0.2, 0.25) is 0 Å². The van der Waals surface area contributed by atoms with Crippen LogP contribution in [0.3, 0.4) is 0 Å². The van der Waals surface area contributed by atoms with Crippen LogP contribution < -0.4 is 4.74 Å². The Bertz CT molecular complexity index is 651. The minimum Gasteiger partial charge on any atom is -0.489 e. The highest BCUT2D eigenvalue weighted by Gasteiger charge is 2.13. The fraction of sp³-hybridized carbons (Fsp3) is 0.222. The number of rotatable bonds is 7. The van der Waals surface area contributed by atoms with Gasteiger partial charge < -0.3 is 14.2 Å². The van der Waals surface area contributed by atoms with Gasteiger partial charge in [0.15, 0.2) is 0 Å². The van der Waals surface area contributed by atoms with Crippen molar-refractivity contribution in [3.05, 3.63) is 65.7 Å². The van der Waals surface area contributed by atoms with E-state index in [4.69, 9.17) is 14.2 Å². The molecule has 2 aromatic carbocycles. The monoisotopic (exact) mass is 314 g/mol. The average Bonchev–Trinajstić information content (AvgIpc) is 2.60. The number of carbonyl (C=O) groups is 2. The molecule has 0 fully saturated rings. The first-order valence-corrected chi connectivity index (χ1v) is 7.33. The molecule has 0 aliphatic rings. The van der Waals surface area contributed by atoms with Crippen LogP contribution in [0.1, 0.15) is 27.6 Å². The van der Waals surface area contributed by atoms with Crippen LogP contribution in [0.15, 0.2) is 54.6 Å². The van der Waals surface area contributed by atoms with Gasteiger partial charge in [-0.2, -0.15) is 0 Å². The molecule has 0 saturated carbocycles. The summed E-state index contributed by atoms with van der Waals surface area (Å²) in [5.74, 6) is -0.445. The molecule has 0 aliphatic carbocycles. The summed E-state index contributed by atoms with van der Waals surface area (Å²) in [6.07, 6.45) is 0. The summed E-state index contributed by atoms with van der Waals surface area (Å²) < 4.78 is 15.6. The Morgan fingerprint density at radius 2 is 1.52 bits per heavy atom. The number of para-hydroxylation sites is 1. The van der Waals surface area contributed by atoms with Crippen LogP contribution in [0.4, 0.5) is 0 Å². The van der Waals surface area contributed by atoms with Gasteiger partial charge in [0.25, 0.3) is 0 Å². The lowest BCUT2D eigenvalue weighted by Gasteiger charge is -2.11. The van der Waals surface area contributed by atoms with Gasteiger partial charge in [-0.25, -0.2) is 9.59 Å². The highest BCUT2D eigenvalue weighted by molar-refractivity contribution is 5.92. The summed E-state index contributed by atoms with van der Waals surface area (Å²) in [6, 6.07) is 15.5. The Labute approximate surface area is 134 Å². The van der Waals surface area contributed by atoms with Crippen LogP contribution >= 0.6 is 0 Å². The zero-order valence-electron chi connectivity index (χ0n) is 12.9. The maximum atomic E-state index is 11.8. The Kier molecular flexibility index (Phi) is 6.17. The Balaban J connectivity index is 1.85. The van der Waals surface area contributed by atoms with Crippen molar-refractivity contribution in [1.82, 2.24) is 0 Å². The van der Waals surface area contributed by atoms with E-state index in [9.17, 15) is 9.59 Å². The zero-order valence-corrected chi connectivity index (χ0v) is 12.9. The molecule has 0 bridgehead atoms. The smallest absolute Gasteiger partial charge is 0.341 e. The first kappa shape index (κ1) is 16.5. The summed E-state index contributed by atoms with van der Waals surface area (Å²) in [4.78, 5) is 23.6. The molecule has 0 unspecified atom stereocenters. The fourth-order valence-corrected chi connectivity index (χ4v) is 1.91. The van der Waals surface area contributed by atoms with E-state index in [-0.39, 0.29) is 13.2 Å². The molecule has 120 valence electrons. The molecule has 0 amide bonds. The number of hydrogen-bond acceptors (Lipinski definition) is 5. The van der Waals surface area contributed by atoms with Gasteiger partial charge in [-0.15, -0.1) is 0 Å². The number of ether oxygens (including phenoxy) is 3. The van der Waals surface area contributed by atoms with Crippen LogP contribution in [-0.2, 0) is 9.47 Å². The number of carbonyl (C=O) groups excluding carboxylic acids is 2. The van der Waals surface area contributed by atoms with Gasteiger partial charge in [0, 0.05) is 0 Å². The normalized spacial score (nSPS) is 9.96. The molecule has 0 aromatic heterocycles. The molecular formula is C18H18O5. The van der Waals surface area contributed by atoms with E-state index in [0.717, 1.165) is 0 Å². The average molecular weight is 314 g/mol. The Morgan fingerprint density at radius 1 is 0.826 bits per heavy atom. The highest BCUT2D eigenvalue weighted by Crippen LogP contribution is 2.18. The van der Waals surface area contributed by atoms with E-state index in [1.807, 2.05) is 6.07 Å². The largest absolute Gasteiger partial charge is 0.489 e. The van der Waals surface area contributed by atoms with E-state index in [0.29, 0.717) is 23.5 Å². The van der Waals surface area contributed by atoms with Crippen LogP contribution in [0, 0.1) is 0 Å². The van der Waals surface area contributed by atoms with Crippen molar-refractivity contribution in [2.75, 3.05) is 19.8 Å². The van der Waals surface area contributed by atoms with Gasteiger partial charge >= 0.3 is 11.9 Å². The summed E-state index contributed by atoms with van der Waals surface area (Å²) in [5, 5.41) is 0. The molecule has 5 heteroatoms. The fourth-order valence-electron chi connectivity index (χ4n) is 1.91. The molecule has 2 aromatic rings. The third-order valence-corrected chi connectivity index (χ3v) is 2.97. The maximum Gasteiger partial charge on any atom is 0.341 e. The third kappa shape index (κ3) is 4.85. The van der Waals surface area contributed by atoms with Crippen molar-refractivity contribution in [3.63, 3.8) is 0 Å². The minimum absolute atomic E-state index is 0.0882. The highest BCUT2D eigenvalue weighted by atomic mass is 16.6. The SMILES string of the molecule is CCOC(=O)c1ccccc1OCCOC(=O)c1ccccc1. The van der Waals surface area contributed by atoms with Gasteiger partial charge in [-0.1, -0.05) is 30.3 Å². The summed E-state index contributed by atoms with van der Waals surface area (Å²) in [7, 11) is 0. The van der Waals surface area contributed by atoms with Gasteiger partial charge in [-0.3, -0.25) is 0 Å². The molecule has 0 heterocycles. The van der Waals surface area contributed by atoms with Crippen molar-refractivity contribution in [3.8, 4) is 5.75 Å². The first-order valence-electron chi connectivity index (χ1n) is 7.33. The number of esters is 2. The lowest BCUT2D eigenvalue weighted by molar-refractivity contribution is 0.0438. The van der Waals surface area contributed by atoms with Crippen LogP contribution in [0.25, 0.3) is 0 Å². The second-order valence-corrected chi connectivity index (χ2v) is 4.57. The second kappa shape index (κ2) is 8.58. The topological polar surface area (TPSA) is 61.8 Å². The Hall–Kier alpha value is -2.82. The quantitative estimate of drug-likeness (QED) is 0.580. The lowest BCUT2D eigenvalue weighted by Crippen LogP contribution is -2.14. The van der Waals surface area contributed by atoms with Gasteiger partial charge in [0.1, 0.15) is 24.5 Å². The van der Waals surface area contributed by atoms with E-state index < -0.39 is 11.9 Å². The second-order valence-electron chi connectivity index (χ2n) is 4.57. The molecule has 23 heavy (non-hydrogen) atoms. The van der Waals surface area contributed by atoms with E-state index in [1.54, 1.807) is 55.5 Å². The van der Waals surface area contributed by atoms with Gasteiger partial charge in [0.05, 0.1) is 12.2 Å². The van der Waals surface area contributed by atoms with Crippen LogP contribution in [-0.4, -0.2) is 31.8 Å². The molecule has 0 N–H and O–H groups in total. The van der Waals surface area contributed by atoms with Crippen molar-refractivity contribution in [2.45, 2.75) is 6.92 Å². The molecule has 0 aliphatic heterocycles. The predicted molar refractivity (Wildman–Crippen MR) is 84.6 cm³/mol. The molecular weight excluding hydrogens is 296 g/mol. The zero-order chi connectivity index (χ0) is 16.5. The Morgan fingerprint density at radius 3 is 2.26 bits per heavy atom. The van der Waals surface area contributed by atoms with Crippen molar-refractivity contribution in [2.24, 2.45) is 0 Å². The molecule has 5 nitrogen and oxygen atoms in total. The van der Waals surface area contributed by atoms with E-state index >= 15 is 0 Å². The summed E-state index contributed by atoms with van der Waals surface area (Å²) in [5.41, 5.74) is 0.836. The molecule has 0 atom stereocenters. The third-order valence-electron chi connectivity index (χ3n) is 2.97.